The van der Waals surface area contributed by atoms with Gasteiger partial charge in [0.15, 0.2) is 0 Å². The molecule has 2 amide bonds. The molecule has 1 saturated carbocycles. The average Bonchev–Trinajstić information content (AvgIpc) is 3.12. The molecule has 0 radical (unpaired) electrons. The molecule has 0 bridgehead atoms. The van der Waals surface area contributed by atoms with E-state index in [-0.39, 0.29) is 17.7 Å². The summed E-state index contributed by atoms with van der Waals surface area (Å²) < 4.78 is 0. The van der Waals surface area contributed by atoms with Crippen molar-refractivity contribution < 1.29 is 19.5 Å². The predicted molar refractivity (Wildman–Crippen MR) is 90.3 cm³/mol. The van der Waals surface area contributed by atoms with Gasteiger partial charge in [-0.15, -0.1) is 6.58 Å². The van der Waals surface area contributed by atoms with E-state index in [0.29, 0.717) is 19.3 Å². The maximum absolute atomic E-state index is 12.7. The highest BCUT2D eigenvalue weighted by Crippen LogP contribution is 2.32. The third-order valence-electron chi connectivity index (χ3n) is 5.11. The molecule has 2 aliphatic rings. The molecule has 2 fully saturated rings. The van der Waals surface area contributed by atoms with Gasteiger partial charge in [0.1, 0.15) is 6.04 Å². The van der Waals surface area contributed by atoms with Crippen molar-refractivity contribution in [2.45, 2.75) is 57.4 Å². The van der Waals surface area contributed by atoms with Crippen LogP contribution in [0.2, 0.25) is 0 Å². The van der Waals surface area contributed by atoms with Gasteiger partial charge in [-0.2, -0.15) is 0 Å². The Balaban J connectivity index is 2.02. The lowest BCUT2D eigenvalue weighted by atomic mass is 9.77. The van der Waals surface area contributed by atoms with Crippen LogP contribution in [0.25, 0.3) is 0 Å². The van der Waals surface area contributed by atoms with Crippen molar-refractivity contribution in [3.05, 3.63) is 12.7 Å². The number of allylic oxidation sites excluding steroid dienone is 1. The Morgan fingerprint density at radius 2 is 1.75 bits per heavy atom. The fourth-order valence-electron chi connectivity index (χ4n) is 3.73. The Labute approximate surface area is 143 Å². The normalized spacial score (nSPS) is 25.1. The van der Waals surface area contributed by atoms with E-state index in [4.69, 9.17) is 0 Å². The molecule has 1 saturated heterocycles. The first kappa shape index (κ1) is 18.5. The molecule has 6 heteroatoms. The van der Waals surface area contributed by atoms with Crippen molar-refractivity contribution in [2.24, 2.45) is 11.8 Å². The van der Waals surface area contributed by atoms with E-state index in [0.717, 1.165) is 45.2 Å². The van der Waals surface area contributed by atoms with Crippen molar-refractivity contribution in [1.82, 2.24) is 10.2 Å². The Bertz CT molecular complexity index is 485. The van der Waals surface area contributed by atoms with Crippen LogP contribution in [-0.2, 0) is 14.4 Å². The SMILES string of the molecule is C=CCCC(NC(=O)C1CCCCC1C(=O)N1CCCC1)C(=O)O. The minimum absolute atomic E-state index is 0.0744. The second-order valence-electron chi connectivity index (χ2n) is 6.80. The van der Waals surface area contributed by atoms with Crippen molar-refractivity contribution >= 4 is 17.8 Å². The van der Waals surface area contributed by atoms with Crippen molar-refractivity contribution in [2.75, 3.05) is 13.1 Å². The first-order chi connectivity index (χ1) is 11.5. The summed E-state index contributed by atoms with van der Waals surface area (Å²) in [7, 11) is 0. The average molecular weight is 336 g/mol. The molecule has 1 aliphatic carbocycles. The summed E-state index contributed by atoms with van der Waals surface area (Å²) in [5, 5.41) is 11.9. The third-order valence-corrected chi connectivity index (χ3v) is 5.11. The molecule has 6 nitrogen and oxygen atoms in total. The van der Waals surface area contributed by atoms with Crippen LogP contribution in [0, 0.1) is 11.8 Å². The number of likely N-dealkylation sites (tertiary alicyclic amines) is 1. The molecule has 24 heavy (non-hydrogen) atoms. The number of carbonyl (C=O) groups excluding carboxylic acids is 2. The molecule has 2 rings (SSSR count). The molecule has 0 aromatic rings. The number of nitrogens with one attached hydrogen (secondary N) is 1. The summed E-state index contributed by atoms with van der Waals surface area (Å²) in [6, 6.07) is -0.917. The first-order valence-corrected chi connectivity index (χ1v) is 8.97. The second kappa shape index (κ2) is 8.85. The molecule has 0 aromatic carbocycles. The summed E-state index contributed by atoms with van der Waals surface area (Å²) in [5.74, 6) is -1.96. The van der Waals surface area contributed by atoms with Gasteiger partial charge in [0.05, 0.1) is 0 Å². The molecular formula is C18H28N2O4. The number of hydrogen-bond acceptors (Lipinski definition) is 3. The monoisotopic (exact) mass is 336 g/mol. The second-order valence-corrected chi connectivity index (χ2v) is 6.80. The van der Waals surface area contributed by atoms with Crippen molar-refractivity contribution in [1.29, 1.82) is 0 Å². The van der Waals surface area contributed by atoms with Crippen LogP contribution in [0.15, 0.2) is 12.7 Å². The number of nitrogens with zero attached hydrogens (tertiary/aromatic N) is 1. The first-order valence-electron chi connectivity index (χ1n) is 8.97. The number of aliphatic carboxylic acids is 1. The Morgan fingerprint density at radius 3 is 2.33 bits per heavy atom. The van der Waals surface area contributed by atoms with Gasteiger partial charge < -0.3 is 15.3 Å². The summed E-state index contributed by atoms with van der Waals surface area (Å²) >= 11 is 0. The maximum atomic E-state index is 12.7. The van der Waals surface area contributed by atoms with Gasteiger partial charge in [0.25, 0.3) is 0 Å². The minimum atomic E-state index is -1.04. The predicted octanol–water partition coefficient (Wildman–Crippen LogP) is 1.95. The van der Waals surface area contributed by atoms with Crippen LogP contribution in [-0.4, -0.2) is 46.9 Å². The van der Waals surface area contributed by atoms with Gasteiger partial charge >= 0.3 is 5.97 Å². The van der Waals surface area contributed by atoms with Crippen molar-refractivity contribution in [3.8, 4) is 0 Å². The Hall–Kier alpha value is -1.85. The highest BCUT2D eigenvalue weighted by molar-refractivity contribution is 5.90. The number of carbonyl (C=O) groups is 3. The largest absolute Gasteiger partial charge is 0.480 e. The molecule has 134 valence electrons. The highest BCUT2D eigenvalue weighted by Gasteiger charge is 2.39. The smallest absolute Gasteiger partial charge is 0.326 e. The number of amides is 2. The summed E-state index contributed by atoms with van der Waals surface area (Å²) in [4.78, 5) is 38.5. The van der Waals surface area contributed by atoms with Crippen LogP contribution >= 0.6 is 0 Å². The molecular weight excluding hydrogens is 308 g/mol. The highest BCUT2D eigenvalue weighted by atomic mass is 16.4. The number of carboxylic acids is 1. The molecule has 3 unspecified atom stereocenters. The van der Waals surface area contributed by atoms with E-state index in [1.54, 1.807) is 6.08 Å². The lowest BCUT2D eigenvalue weighted by molar-refractivity contribution is -0.146. The minimum Gasteiger partial charge on any atom is -0.480 e. The Kier molecular flexibility index (Phi) is 6.82. The maximum Gasteiger partial charge on any atom is 0.326 e. The van der Waals surface area contributed by atoms with E-state index in [1.165, 1.54) is 0 Å². The van der Waals surface area contributed by atoms with Gasteiger partial charge in [0.2, 0.25) is 11.8 Å². The number of rotatable bonds is 7. The van der Waals surface area contributed by atoms with Gasteiger partial charge in [-0.25, -0.2) is 4.79 Å². The van der Waals surface area contributed by atoms with E-state index in [1.807, 2.05) is 4.90 Å². The third kappa shape index (κ3) is 4.58. The molecule has 1 aliphatic heterocycles. The van der Waals surface area contributed by atoms with Crippen LogP contribution in [0.1, 0.15) is 51.4 Å². The topological polar surface area (TPSA) is 86.7 Å². The van der Waals surface area contributed by atoms with Crippen LogP contribution in [0.3, 0.4) is 0 Å². The summed E-state index contributed by atoms with van der Waals surface area (Å²) in [5.41, 5.74) is 0. The summed E-state index contributed by atoms with van der Waals surface area (Å²) in [6.07, 6.45) is 7.78. The van der Waals surface area contributed by atoms with Gasteiger partial charge in [-0.3, -0.25) is 9.59 Å². The summed E-state index contributed by atoms with van der Waals surface area (Å²) in [6.45, 7) is 5.14. The van der Waals surface area contributed by atoms with Crippen LogP contribution in [0.4, 0.5) is 0 Å². The fraction of sp³-hybridized carbons (Fsp3) is 0.722. The molecule has 0 aromatic heterocycles. The van der Waals surface area contributed by atoms with Crippen molar-refractivity contribution in [3.63, 3.8) is 0 Å². The molecule has 0 spiro atoms. The molecule has 3 atom stereocenters. The van der Waals surface area contributed by atoms with E-state index in [9.17, 15) is 19.5 Å². The van der Waals surface area contributed by atoms with Gasteiger partial charge in [-0.05, 0) is 38.5 Å². The lowest BCUT2D eigenvalue weighted by Gasteiger charge is -2.33. The van der Waals surface area contributed by atoms with E-state index in [2.05, 4.69) is 11.9 Å². The number of hydrogen-bond donors (Lipinski definition) is 2. The van der Waals surface area contributed by atoms with Crippen LogP contribution in [0.5, 0.6) is 0 Å². The molecule has 1 heterocycles. The van der Waals surface area contributed by atoms with E-state index >= 15 is 0 Å². The zero-order valence-corrected chi connectivity index (χ0v) is 14.2. The quantitative estimate of drug-likeness (QED) is 0.696. The zero-order chi connectivity index (χ0) is 17.5. The lowest BCUT2D eigenvalue weighted by Crippen LogP contribution is -2.49. The standard InChI is InChI=1S/C18H28N2O4/c1-2-3-10-15(18(23)24)19-16(21)13-8-4-5-9-14(13)17(22)20-11-6-7-12-20/h2,13-15H,1,3-12H2,(H,19,21)(H,23,24). The van der Waals surface area contributed by atoms with Gasteiger partial charge in [-0.1, -0.05) is 18.9 Å². The van der Waals surface area contributed by atoms with Crippen LogP contribution < -0.4 is 5.32 Å². The molecule has 2 N–H and O–H groups in total. The number of carboxylic acid groups (broad SMARTS) is 1. The van der Waals surface area contributed by atoms with Gasteiger partial charge in [0, 0.05) is 24.9 Å². The Morgan fingerprint density at radius 1 is 1.12 bits per heavy atom. The van der Waals surface area contributed by atoms with E-state index < -0.39 is 17.9 Å². The fourth-order valence-corrected chi connectivity index (χ4v) is 3.73. The zero-order valence-electron chi connectivity index (χ0n) is 14.2.